The van der Waals surface area contributed by atoms with Crippen LogP contribution in [0.3, 0.4) is 0 Å². The normalized spacial score (nSPS) is 10.6. The van der Waals surface area contributed by atoms with E-state index in [-0.39, 0.29) is 12.3 Å². The maximum atomic E-state index is 12.4. The fourth-order valence-electron chi connectivity index (χ4n) is 2.24. The molecule has 122 valence electrons. The van der Waals surface area contributed by atoms with Crippen LogP contribution in [0.25, 0.3) is 5.69 Å². The van der Waals surface area contributed by atoms with E-state index in [1.807, 2.05) is 19.1 Å². The minimum Gasteiger partial charge on any atom is -0.481 e. The Morgan fingerprint density at radius 2 is 1.96 bits per heavy atom. The van der Waals surface area contributed by atoms with E-state index in [0.717, 1.165) is 11.4 Å². The van der Waals surface area contributed by atoms with Gasteiger partial charge in [-0.15, -0.1) is 0 Å². The molecule has 0 unspecified atom stereocenters. The standard InChI is InChI=1S/C16H18ClN3O3/c1-11-14(16(23)19(2)9-3-4-15(21)22)10-18-20(11)13-7-5-12(17)6-8-13/h5-8,10H,3-4,9H2,1-2H3,(H,21,22). The van der Waals surface area contributed by atoms with Gasteiger partial charge in [-0.2, -0.15) is 5.10 Å². The summed E-state index contributed by atoms with van der Waals surface area (Å²) in [7, 11) is 1.66. The summed E-state index contributed by atoms with van der Waals surface area (Å²) in [5.41, 5.74) is 2.04. The van der Waals surface area contributed by atoms with Gasteiger partial charge >= 0.3 is 5.97 Å². The van der Waals surface area contributed by atoms with Crippen molar-refractivity contribution in [3.05, 3.63) is 46.7 Å². The summed E-state index contributed by atoms with van der Waals surface area (Å²) in [6.07, 6.45) is 1.99. The number of hydrogen-bond donors (Lipinski definition) is 1. The second-order valence-corrected chi connectivity index (χ2v) is 5.69. The number of amides is 1. The minimum atomic E-state index is -0.863. The summed E-state index contributed by atoms with van der Waals surface area (Å²) >= 11 is 5.87. The highest BCUT2D eigenvalue weighted by atomic mass is 35.5. The molecule has 1 aromatic carbocycles. The molecule has 2 rings (SSSR count). The van der Waals surface area contributed by atoms with Gasteiger partial charge in [0.25, 0.3) is 5.91 Å². The molecule has 1 aromatic heterocycles. The Balaban J connectivity index is 2.13. The molecule has 1 amide bonds. The zero-order valence-corrected chi connectivity index (χ0v) is 13.7. The summed E-state index contributed by atoms with van der Waals surface area (Å²) < 4.78 is 1.68. The summed E-state index contributed by atoms with van der Waals surface area (Å²) in [6.45, 7) is 2.20. The summed E-state index contributed by atoms with van der Waals surface area (Å²) in [6, 6.07) is 7.18. The molecule has 7 heteroatoms. The molecule has 0 saturated heterocycles. The molecule has 0 radical (unpaired) electrons. The number of carbonyl (C=O) groups is 2. The smallest absolute Gasteiger partial charge is 0.303 e. The largest absolute Gasteiger partial charge is 0.481 e. The van der Waals surface area contributed by atoms with Crippen molar-refractivity contribution in [1.82, 2.24) is 14.7 Å². The molecule has 0 fully saturated rings. The van der Waals surface area contributed by atoms with Crippen molar-refractivity contribution < 1.29 is 14.7 Å². The second-order valence-electron chi connectivity index (χ2n) is 5.26. The van der Waals surface area contributed by atoms with Gasteiger partial charge in [-0.3, -0.25) is 9.59 Å². The maximum absolute atomic E-state index is 12.4. The highest BCUT2D eigenvalue weighted by Crippen LogP contribution is 2.18. The first-order valence-electron chi connectivity index (χ1n) is 7.18. The van der Waals surface area contributed by atoms with Crippen LogP contribution in [0.5, 0.6) is 0 Å². The Morgan fingerprint density at radius 1 is 1.30 bits per heavy atom. The number of carbonyl (C=O) groups excluding carboxylic acids is 1. The lowest BCUT2D eigenvalue weighted by Gasteiger charge is -2.16. The number of benzene rings is 1. The van der Waals surface area contributed by atoms with E-state index < -0.39 is 5.97 Å². The third-order valence-electron chi connectivity index (χ3n) is 3.54. The first-order valence-corrected chi connectivity index (χ1v) is 7.55. The maximum Gasteiger partial charge on any atom is 0.303 e. The van der Waals surface area contributed by atoms with Crippen molar-refractivity contribution in [1.29, 1.82) is 0 Å². The topological polar surface area (TPSA) is 75.4 Å². The molecule has 2 aromatic rings. The molecule has 6 nitrogen and oxygen atoms in total. The molecule has 0 spiro atoms. The Labute approximate surface area is 139 Å². The van der Waals surface area contributed by atoms with Crippen molar-refractivity contribution in [2.75, 3.05) is 13.6 Å². The average molecular weight is 336 g/mol. The predicted molar refractivity (Wildman–Crippen MR) is 87.1 cm³/mol. The first kappa shape index (κ1) is 17.0. The monoisotopic (exact) mass is 335 g/mol. The molecular formula is C16H18ClN3O3. The van der Waals surface area contributed by atoms with Crippen molar-refractivity contribution in [3.8, 4) is 5.69 Å². The summed E-state index contributed by atoms with van der Waals surface area (Å²) in [5.74, 6) is -1.04. The van der Waals surface area contributed by atoms with Gasteiger partial charge in [0.15, 0.2) is 0 Å². The van der Waals surface area contributed by atoms with Crippen molar-refractivity contribution >= 4 is 23.5 Å². The number of halogens is 1. The number of aromatic nitrogens is 2. The van der Waals surface area contributed by atoms with Crippen molar-refractivity contribution in [2.24, 2.45) is 0 Å². The van der Waals surface area contributed by atoms with Gasteiger partial charge in [-0.05, 0) is 37.6 Å². The predicted octanol–water partition coefficient (Wildman–Crippen LogP) is 2.77. The molecule has 0 aliphatic heterocycles. The Bertz CT molecular complexity index is 710. The number of aliphatic carboxylic acids is 1. The van der Waals surface area contributed by atoms with E-state index in [0.29, 0.717) is 23.6 Å². The van der Waals surface area contributed by atoms with Gasteiger partial charge in [-0.25, -0.2) is 4.68 Å². The van der Waals surface area contributed by atoms with Crippen molar-refractivity contribution in [3.63, 3.8) is 0 Å². The third-order valence-corrected chi connectivity index (χ3v) is 3.79. The van der Waals surface area contributed by atoms with E-state index in [2.05, 4.69) is 5.10 Å². The Kier molecular flexibility index (Phi) is 5.39. The van der Waals surface area contributed by atoms with Crippen LogP contribution in [-0.2, 0) is 4.79 Å². The minimum absolute atomic E-state index is 0.0423. The second kappa shape index (κ2) is 7.28. The SMILES string of the molecule is Cc1c(C(=O)N(C)CCCC(=O)O)cnn1-c1ccc(Cl)cc1. The highest BCUT2D eigenvalue weighted by molar-refractivity contribution is 6.30. The lowest BCUT2D eigenvalue weighted by atomic mass is 10.2. The van der Waals surface area contributed by atoms with Crippen LogP contribution in [0, 0.1) is 6.92 Å². The lowest BCUT2D eigenvalue weighted by molar-refractivity contribution is -0.137. The molecule has 1 heterocycles. The molecule has 1 N–H and O–H groups in total. The lowest BCUT2D eigenvalue weighted by Crippen LogP contribution is -2.28. The van der Waals surface area contributed by atoms with Gasteiger partial charge in [0.1, 0.15) is 0 Å². The molecule has 23 heavy (non-hydrogen) atoms. The number of carboxylic acids is 1. The fourth-order valence-corrected chi connectivity index (χ4v) is 2.36. The molecule has 0 aliphatic carbocycles. The Hall–Kier alpha value is -2.34. The summed E-state index contributed by atoms with van der Waals surface area (Å²) in [4.78, 5) is 24.5. The highest BCUT2D eigenvalue weighted by Gasteiger charge is 2.18. The molecule has 0 atom stereocenters. The van der Waals surface area contributed by atoms with Gasteiger partial charge in [-0.1, -0.05) is 11.6 Å². The molecular weight excluding hydrogens is 318 g/mol. The fraction of sp³-hybridized carbons (Fsp3) is 0.312. The van der Waals surface area contributed by atoms with Gasteiger partial charge in [0.2, 0.25) is 0 Å². The Morgan fingerprint density at radius 3 is 2.57 bits per heavy atom. The van der Waals surface area contributed by atoms with Crippen LogP contribution in [0.15, 0.2) is 30.5 Å². The van der Waals surface area contributed by atoms with Crippen LogP contribution in [0.1, 0.15) is 28.9 Å². The molecule has 0 saturated carbocycles. The quantitative estimate of drug-likeness (QED) is 0.880. The van der Waals surface area contributed by atoms with Crippen LogP contribution in [0.2, 0.25) is 5.02 Å². The van der Waals surface area contributed by atoms with E-state index >= 15 is 0 Å². The zero-order valence-electron chi connectivity index (χ0n) is 13.0. The average Bonchev–Trinajstić information content (AvgIpc) is 2.88. The number of hydrogen-bond acceptors (Lipinski definition) is 3. The van der Waals surface area contributed by atoms with E-state index in [1.54, 1.807) is 23.9 Å². The van der Waals surface area contributed by atoms with Crippen LogP contribution < -0.4 is 0 Å². The molecule has 0 bridgehead atoms. The van der Waals surface area contributed by atoms with Crippen LogP contribution in [-0.4, -0.2) is 45.3 Å². The van der Waals surface area contributed by atoms with Gasteiger partial charge in [0.05, 0.1) is 23.1 Å². The third kappa shape index (κ3) is 4.10. The van der Waals surface area contributed by atoms with Gasteiger partial charge < -0.3 is 10.0 Å². The van der Waals surface area contributed by atoms with Crippen LogP contribution >= 0.6 is 11.6 Å². The van der Waals surface area contributed by atoms with Crippen LogP contribution in [0.4, 0.5) is 0 Å². The van der Waals surface area contributed by atoms with Gasteiger partial charge in [0, 0.05) is 25.0 Å². The van der Waals surface area contributed by atoms with E-state index in [9.17, 15) is 9.59 Å². The van der Waals surface area contributed by atoms with E-state index in [4.69, 9.17) is 16.7 Å². The number of rotatable bonds is 6. The first-order chi connectivity index (χ1) is 10.9. The summed E-state index contributed by atoms with van der Waals surface area (Å²) in [5, 5.41) is 13.5. The zero-order chi connectivity index (χ0) is 17.0. The number of nitrogens with zero attached hydrogens (tertiary/aromatic N) is 3. The van der Waals surface area contributed by atoms with Crippen molar-refractivity contribution in [2.45, 2.75) is 19.8 Å². The molecule has 0 aliphatic rings. The number of carboxylic acid groups (broad SMARTS) is 1. The van der Waals surface area contributed by atoms with E-state index in [1.165, 1.54) is 11.1 Å².